The van der Waals surface area contributed by atoms with E-state index in [0.717, 1.165) is 32.3 Å². The Labute approximate surface area is 152 Å². The van der Waals surface area contributed by atoms with Gasteiger partial charge in [-0.1, -0.05) is 0 Å². The minimum Gasteiger partial charge on any atom is -0.375 e. The molecular formula is C18H24N6O2. The van der Waals surface area contributed by atoms with Gasteiger partial charge in [0.05, 0.1) is 5.60 Å². The number of likely N-dealkylation sites (tertiary alicyclic amines) is 1. The normalized spacial score (nSPS) is 22.3. The second-order valence-corrected chi connectivity index (χ2v) is 7.09. The molecule has 2 aliphatic rings. The van der Waals surface area contributed by atoms with Crippen LogP contribution in [0.1, 0.15) is 36.3 Å². The zero-order valence-corrected chi connectivity index (χ0v) is 15.0. The number of amides is 1. The molecule has 2 saturated heterocycles. The highest BCUT2D eigenvalue weighted by Gasteiger charge is 2.41. The summed E-state index contributed by atoms with van der Waals surface area (Å²) in [6.45, 7) is 2.11. The van der Waals surface area contributed by atoms with E-state index >= 15 is 0 Å². The van der Waals surface area contributed by atoms with Crippen molar-refractivity contribution in [1.82, 2.24) is 24.4 Å². The van der Waals surface area contributed by atoms with Crippen LogP contribution in [0.2, 0.25) is 0 Å². The second-order valence-electron chi connectivity index (χ2n) is 7.09. The molecule has 2 aromatic heterocycles. The summed E-state index contributed by atoms with van der Waals surface area (Å²) in [7, 11) is 1.85. The van der Waals surface area contributed by atoms with E-state index in [0.29, 0.717) is 30.9 Å². The zero-order valence-electron chi connectivity index (χ0n) is 15.0. The van der Waals surface area contributed by atoms with Crippen LogP contribution in [0.15, 0.2) is 30.9 Å². The first-order chi connectivity index (χ1) is 12.7. The van der Waals surface area contributed by atoms with Gasteiger partial charge >= 0.3 is 0 Å². The molecule has 2 fully saturated rings. The van der Waals surface area contributed by atoms with Gasteiger partial charge in [0.15, 0.2) is 5.82 Å². The van der Waals surface area contributed by atoms with Crippen molar-refractivity contribution >= 4 is 11.9 Å². The fourth-order valence-electron chi connectivity index (χ4n) is 3.89. The molecule has 8 nitrogen and oxygen atoms in total. The van der Waals surface area contributed by atoms with Crippen LogP contribution in [-0.2, 0) is 11.8 Å². The van der Waals surface area contributed by atoms with E-state index in [1.165, 1.54) is 0 Å². The van der Waals surface area contributed by atoms with Crippen LogP contribution in [0.5, 0.6) is 0 Å². The molecule has 2 aliphatic heterocycles. The van der Waals surface area contributed by atoms with E-state index in [-0.39, 0.29) is 11.5 Å². The van der Waals surface area contributed by atoms with E-state index in [2.05, 4.69) is 20.3 Å². The Bertz CT molecular complexity index is 754. The highest BCUT2D eigenvalue weighted by atomic mass is 16.5. The maximum atomic E-state index is 12.6. The molecule has 26 heavy (non-hydrogen) atoms. The molecule has 0 bridgehead atoms. The standard InChI is InChI=1S/C18H24N6O2/c1-23-11-8-19-15(23)16(25)24-9-4-18(5-10-24)13-14(3-12-26-18)22-17-20-6-2-7-21-17/h2,6-8,11,14H,3-5,9-10,12-13H2,1H3,(H,20,21,22)/t14-/m1/s1. The van der Waals surface area contributed by atoms with Gasteiger partial charge in [0.25, 0.3) is 5.91 Å². The Morgan fingerprint density at radius 2 is 2.00 bits per heavy atom. The number of carbonyl (C=O) groups is 1. The number of carbonyl (C=O) groups excluding carboxylic acids is 1. The Kier molecular flexibility index (Phi) is 4.58. The lowest BCUT2D eigenvalue weighted by atomic mass is 9.82. The number of anilines is 1. The number of aromatic nitrogens is 4. The van der Waals surface area contributed by atoms with Crippen molar-refractivity contribution in [3.05, 3.63) is 36.7 Å². The number of hydrogen-bond acceptors (Lipinski definition) is 6. The Morgan fingerprint density at radius 1 is 1.23 bits per heavy atom. The van der Waals surface area contributed by atoms with Crippen LogP contribution in [0.25, 0.3) is 0 Å². The van der Waals surface area contributed by atoms with Gasteiger partial charge in [-0.15, -0.1) is 0 Å². The van der Waals surface area contributed by atoms with Crippen molar-refractivity contribution in [2.75, 3.05) is 25.0 Å². The molecule has 1 spiro atoms. The molecule has 4 heterocycles. The average molecular weight is 356 g/mol. The number of imidazole rings is 1. The molecule has 1 atom stereocenters. The number of aryl methyl sites for hydroxylation is 1. The van der Waals surface area contributed by atoms with Crippen LogP contribution < -0.4 is 5.32 Å². The van der Waals surface area contributed by atoms with Gasteiger partial charge in [0.1, 0.15) is 0 Å². The first kappa shape index (κ1) is 17.0. The lowest BCUT2D eigenvalue weighted by molar-refractivity contribution is -0.110. The van der Waals surface area contributed by atoms with Crippen molar-refractivity contribution in [1.29, 1.82) is 0 Å². The number of nitrogens with zero attached hydrogens (tertiary/aromatic N) is 5. The highest BCUT2D eigenvalue weighted by Crippen LogP contribution is 2.36. The predicted molar refractivity (Wildman–Crippen MR) is 95.7 cm³/mol. The van der Waals surface area contributed by atoms with Crippen molar-refractivity contribution in [3.63, 3.8) is 0 Å². The maximum Gasteiger partial charge on any atom is 0.289 e. The van der Waals surface area contributed by atoms with Crippen LogP contribution in [0, 0.1) is 0 Å². The van der Waals surface area contributed by atoms with Gasteiger partial charge in [-0.3, -0.25) is 4.79 Å². The molecule has 138 valence electrons. The summed E-state index contributed by atoms with van der Waals surface area (Å²) in [5, 5.41) is 3.42. The molecule has 1 N–H and O–H groups in total. The third-order valence-electron chi connectivity index (χ3n) is 5.37. The predicted octanol–water partition coefficient (Wildman–Crippen LogP) is 1.48. The van der Waals surface area contributed by atoms with E-state index in [1.807, 2.05) is 18.0 Å². The van der Waals surface area contributed by atoms with Crippen LogP contribution in [0.4, 0.5) is 5.95 Å². The van der Waals surface area contributed by atoms with Gasteiger partial charge in [-0.25, -0.2) is 15.0 Å². The number of hydrogen-bond donors (Lipinski definition) is 1. The first-order valence-electron chi connectivity index (χ1n) is 9.09. The molecule has 0 aromatic carbocycles. The summed E-state index contributed by atoms with van der Waals surface area (Å²) in [6.07, 6.45) is 10.5. The summed E-state index contributed by atoms with van der Waals surface area (Å²) >= 11 is 0. The van der Waals surface area contributed by atoms with Crippen LogP contribution >= 0.6 is 0 Å². The highest BCUT2D eigenvalue weighted by molar-refractivity contribution is 5.90. The minimum absolute atomic E-state index is 0.00415. The van der Waals surface area contributed by atoms with Gasteiger partial charge in [0.2, 0.25) is 5.95 Å². The number of ether oxygens (including phenoxy) is 1. The molecule has 8 heteroatoms. The average Bonchev–Trinajstić information content (AvgIpc) is 3.09. The molecule has 4 rings (SSSR count). The molecular weight excluding hydrogens is 332 g/mol. The molecule has 2 aromatic rings. The number of piperidine rings is 1. The van der Waals surface area contributed by atoms with Crippen molar-refractivity contribution in [2.45, 2.75) is 37.3 Å². The number of nitrogens with one attached hydrogen (secondary N) is 1. The van der Waals surface area contributed by atoms with Crippen molar-refractivity contribution in [2.24, 2.45) is 7.05 Å². The Balaban J connectivity index is 1.37. The van der Waals surface area contributed by atoms with E-state index in [9.17, 15) is 4.79 Å². The second kappa shape index (κ2) is 7.03. The Hall–Kier alpha value is -2.48. The zero-order chi connectivity index (χ0) is 18.0. The minimum atomic E-state index is -0.164. The Morgan fingerprint density at radius 3 is 2.69 bits per heavy atom. The summed E-state index contributed by atoms with van der Waals surface area (Å²) in [5.41, 5.74) is -0.164. The first-order valence-corrected chi connectivity index (χ1v) is 9.09. The summed E-state index contributed by atoms with van der Waals surface area (Å²) in [6, 6.07) is 2.10. The fourth-order valence-corrected chi connectivity index (χ4v) is 3.89. The van der Waals surface area contributed by atoms with Gasteiger partial charge < -0.3 is 19.5 Å². The maximum absolute atomic E-state index is 12.6. The molecule has 0 saturated carbocycles. The third-order valence-corrected chi connectivity index (χ3v) is 5.37. The van der Waals surface area contributed by atoms with Gasteiger partial charge in [0, 0.05) is 57.6 Å². The SMILES string of the molecule is Cn1ccnc1C(=O)N1CCC2(CC1)C[C@H](Nc1ncccn1)CCO2. The molecule has 0 radical (unpaired) electrons. The smallest absolute Gasteiger partial charge is 0.289 e. The summed E-state index contributed by atoms with van der Waals surface area (Å²) < 4.78 is 7.94. The molecule has 0 aliphatic carbocycles. The van der Waals surface area contributed by atoms with Gasteiger partial charge in [-0.2, -0.15) is 0 Å². The summed E-state index contributed by atoms with van der Waals surface area (Å²) in [5.74, 6) is 1.15. The quantitative estimate of drug-likeness (QED) is 0.897. The topological polar surface area (TPSA) is 85.2 Å². The largest absolute Gasteiger partial charge is 0.375 e. The molecule has 0 unspecified atom stereocenters. The third kappa shape index (κ3) is 3.41. The van der Waals surface area contributed by atoms with Crippen molar-refractivity contribution < 1.29 is 9.53 Å². The number of rotatable bonds is 3. The van der Waals surface area contributed by atoms with Crippen LogP contribution in [-0.4, -0.2) is 61.7 Å². The van der Waals surface area contributed by atoms with E-state index in [4.69, 9.17) is 4.74 Å². The monoisotopic (exact) mass is 356 g/mol. The van der Waals surface area contributed by atoms with Gasteiger partial charge in [-0.05, 0) is 31.7 Å². The fraction of sp³-hybridized carbons (Fsp3) is 0.556. The van der Waals surface area contributed by atoms with E-state index < -0.39 is 0 Å². The van der Waals surface area contributed by atoms with Crippen LogP contribution in [0.3, 0.4) is 0 Å². The lowest BCUT2D eigenvalue weighted by Crippen LogP contribution is -2.53. The summed E-state index contributed by atoms with van der Waals surface area (Å²) in [4.78, 5) is 27.2. The van der Waals surface area contributed by atoms with Crippen molar-refractivity contribution in [3.8, 4) is 0 Å². The lowest BCUT2D eigenvalue weighted by Gasteiger charge is -2.46. The molecule has 1 amide bonds. The van der Waals surface area contributed by atoms with E-state index in [1.54, 1.807) is 29.4 Å².